The Balaban J connectivity index is 1.63. The van der Waals surface area contributed by atoms with Gasteiger partial charge in [0.05, 0.1) is 30.8 Å². The summed E-state index contributed by atoms with van der Waals surface area (Å²) in [7, 11) is 4.05. The number of likely N-dealkylation sites (N-methyl/N-ethyl adjacent to an activating group) is 1. The Bertz CT molecular complexity index is 694. The van der Waals surface area contributed by atoms with E-state index in [0.717, 1.165) is 18.1 Å². The summed E-state index contributed by atoms with van der Waals surface area (Å²) in [5.41, 5.74) is 1.09. The second-order valence-electron chi connectivity index (χ2n) is 6.17. The van der Waals surface area contributed by atoms with Crippen LogP contribution in [0.1, 0.15) is 17.6 Å². The lowest BCUT2D eigenvalue weighted by Crippen LogP contribution is -2.49. The van der Waals surface area contributed by atoms with Crippen molar-refractivity contribution in [3.05, 3.63) is 36.4 Å². The van der Waals surface area contributed by atoms with E-state index < -0.39 is 0 Å². The number of amides is 1. The van der Waals surface area contributed by atoms with Crippen molar-refractivity contribution in [3.63, 3.8) is 0 Å². The second kappa shape index (κ2) is 7.14. The number of aryl methyl sites for hydroxylation is 2. The van der Waals surface area contributed by atoms with Crippen molar-refractivity contribution in [3.8, 4) is 0 Å². The number of imidazole rings is 2. The smallest absolute Gasteiger partial charge is 0.240 e. The first-order valence-corrected chi connectivity index (χ1v) is 8.08. The number of nitrogens with one attached hydrogen (secondary N) is 1. The molecule has 0 saturated carbocycles. The zero-order valence-corrected chi connectivity index (χ0v) is 14.3. The molecule has 1 aliphatic rings. The highest BCUT2D eigenvalue weighted by atomic mass is 16.5. The number of aromatic nitrogens is 4. The van der Waals surface area contributed by atoms with E-state index in [9.17, 15) is 4.79 Å². The number of rotatable bonds is 5. The van der Waals surface area contributed by atoms with Crippen LogP contribution < -0.4 is 5.32 Å². The fourth-order valence-electron chi connectivity index (χ4n) is 3.10. The van der Waals surface area contributed by atoms with Crippen molar-refractivity contribution in [1.29, 1.82) is 0 Å². The van der Waals surface area contributed by atoms with Crippen molar-refractivity contribution in [1.82, 2.24) is 29.3 Å². The van der Waals surface area contributed by atoms with Gasteiger partial charge in [0.2, 0.25) is 5.91 Å². The first-order chi connectivity index (χ1) is 11.6. The number of hydrogen-bond acceptors (Lipinski definition) is 5. The van der Waals surface area contributed by atoms with E-state index in [2.05, 4.69) is 27.2 Å². The maximum atomic E-state index is 12.2. The fourth-order valence-corrected chi connectivity index (χ4v) is 3.10. The van der Waals surface area contributed by atoms with Gasteiger partial charge in [0, 0.05) is 38.7 Å². The maximum Gasteiger partial charge on any atom is 0.240 e. The Kier molecular flexibility index (Phi) is 4.96. The normalized spacial score (nSPS) is 21.8. The number of hydrogen-bond donors (Lipinski definition) is 1. The summed E-state index contributed by atoms with van der Waals surface area (Å²) in [5.74, 6) is 0.781. The molecule has 3 rings (SSSR count). The van der Waals surface area contributed by atoms with Gasteiger partial charge in [0.25, 0.3) is 0 Å². The standard InChI is InChI=1S/C16H24N6O2/c1-12-18-4-5-22(12)10-15(23)19-9-14-16(20(2)6-7-24-14)13-8-17-11-21(13)3/h4-5,8,11,14,16H,6-7,9-10H2,1-3H3,(H,19,23)/t14-,16-/m0/s1. The van der Waals surface area contributed by atoms with E-state index in [1.165, 1.54) is 0 Å². The summed E-state index contributed by atoms with van der Waals surface area (Å²) in [6.45, 7) is 4.13. The third-order valence-electron chi connectivity index (χ3n) is 4.50. The number of carbonyl (C=O) groups is 1. The Labute approximate surface area is 141 Å². The van der Waals surface area contributed by atoms with Crippen LogP contribution in [0.15, 0.2) is 24.9 Å². The van der Waals surface area contributed by atoms with Gasteiger partial charge >= 0.3 is 0 Å². The minimum absolute atomic E-state index is 0.0447. The van der Waals surface area contributed by atoms with Gasteiger partial charge in [-0.3, -0.25) is 9.69 Å². The van der Waals surface area contributed by atoms with Crippen LogP contribution in [0, 0.1) is 6.92 Å². The zero-order chi connectivity index (χ0) is 17.1. The Morgan fingerprint density at radius 3 is 2.96 bits per heavy atom. The predicted molar refractivity (Wildman–Crippen MR) is 88.3 cm³/mol. The Morgan fingerprint density at radius 2 is 2.29 bits per heavy atom. The molecule has 1 saturated heterocycles. The van der Waals surface area contributed by atoms with Crippen LogP contribution in [-0.2, 0) is 23.1 Å². The lowest BCUT2D eigenvalue weighted by atomic mass is 10.0. The van der Waals surface area contributed by atoms with Gasteiger partial charge < -0.3 is 19.2 Å². The lowest BCUT2D eigenvalue weighted by Gasteiger charge is -2.39. The molecule has 0 radical (unpaired) electrons. The minimum Gasteiger partial charge on any atom is -0.373 e. The third kappa shape index (κ3) is 3.49. The summed E-state index contributed by atoms with van der Waals surface area (Å²) >= 11 is 0. The summed E-state index contributed by atoms with van der Waals surface area (Å²) in [4.78, 5) is 22.8. The van der Waals surface area contributed by atoms with E-state index in [1.54, 1.807) is 18.7 Å². The van der Waals surface area contributed by atoms with Gasteiger partial charge in [-0.15, -0.1) is 0 Å². The van der Waals surface area contributed by atoms with Gasteiger partial charge in [-0.05, 0) is 14.0 Å². The number of nitrogens with zero attached hydrogens (tertiary/aromatic N) is 5. The zero-order valence-electron chi connectivity index (χ0n) is 14.3. The van der Waals surface area contributed by atoms with E-state index in [1.807, 2.05) is 29.3 Å². The highest BCUT2D eigenvalue weighted by molar-refractivity contribution is 5.75. The van der Waals surface area contributed by atoms with Crippen molar-refractivity contribution in [2.24, 2.45) is 7.05 Å². The van der Waals surface area contributed by atoms with Crippen LogP contribution >= 0.6 is 0 Å². The molecule has 1 fully saturated rings. The molecule has 2 aromatic heterocycles. The second-order valence-corrected chi connectivity index (χ2v) is 6.17. The van der Waals surface area contributed by atoms with Gasteiger partial charge in [0.15, 0.2) is 0 Å². The molecule has 24 heavy (non-hydrogen) atoms. The number of morpholine rings is 1. The van der Waals surface area contributed by atoms with Crippen molar-refractivity contribution >= 4 is 5.91 Å². The molecule has 0 aromatic carbocycles. The average molecular weight is 332 g/mol. The number of carbonyl (C=O) groups excluding carboxylic acids is 1. The third-order valence-corrected chi connectivity index (χ3v) is 4.50. The molecule has 1 amide bonds. The van der Waals surface area contributed by atoms with Gasteiger partial charge in [0.1, 0.15) is 12.4 Å². The summed E-state index contributed by atoms with van der Waals surface area (Å²) in [6.07, 6.45) is 7.04. The van der Waals surface area contributed by atoms with Crippen molar-refractivity contribution in [2.75, 3.05) is 26.7 Å². The first-order valence-electron chi connectivity index (χ1n) is 8.08. The largest absolute Gasteiger partial charge is 0.373 e. The molecule has 130 valence electrons. The van der Waals surface area contributed by atoms with E-state index in [0.29, 0.717) is 13.2 Å². The van der Waals surface area contributed by atoms with Gasteiger partial charge in [-0.25, -0.2) is 9.97 Å². The van der Waals surface area contributed by atoms with Crippen molar-refractivity contribution in [2.45, 2.75) is 25.6 Å². The first kappa shape index (κ1) is 16.7. The molecule has 2 aromatic rings. The Morgan fingerprint density at radius 1 is 1.46 bits per heavy atom. The molecule has 8 nitrogen and oxygen atoms in total. The summed E-state index contributed by atoms with van der Waals surface area (Å²) in [5, 5.41) is 2.98. The van der Waals surface area contributed by atoms with E-state index >= 15 is 0 Å². The molecule has 0 spiro atoms. The highest BCUT2D eigenvalue weighted by Gasteiger charge is 2.33. The number of ether oxygens (including phenoxy) is 1. The Hall–Kier alpha value is -2.19. The summed E-state index contributed by atoms with van der Waals surface area (Å²) < 4.78 is 9.75. The average Bonchev–Trinajstić information content (AvgIpc) is 3.14. The lowest BCUT2D eigenvalue weighted by molar-refractivity contribution is -0.123. The van der Waals surface area contributed by atoms with E-state index in [4.69, 9.17) is 4.74 Å². The predicted octanol–water partition coefficient (Wildman–Crippen LogP) is 0.113. The molecular weight excluding hydrogens is 308 g/mol. The van der Waals surface area contributed by atoms with Crippen LogP contribution in [0.3, 0.4) is 0 Å². The van der Waals surface area contributed by atoms with Crippen molar-refractivity contribution < 1.29 is 9.53 Å². The van der Waals surface area contributed by atoms with Gasteiger partial charge in [-0.2, -0.15) is 0 Å². The molecule has 3 heterocycles. The van der Waals surface area contributed by atoms with E-state index in [-0.39, 0.29) is 24.6 Å². The topological polar surface area (TPSA) is 77.2 Å². The molecule has 0 unspecified atom stereocenters. The molecule has 8 heteroatoms. The highest BCUT2D eigenvalue weighted by Crippen LogP contribution is 2.27. The quantitative estimate of drug-likeness (QED) is 0.841. The fraction of sp³-hybridized carbons (Fsp3) is 0.562. The molecule has 1 aliphatic heterocycles. The molecule has 0 aliphatic carbocycles. The van der Waals surface area contributed by atoms with Crippen LogP contribution in [-0.4, -0.2) is 62.8 Å². The molecule has 0 bridgehead atoms. The SMILES string of the molecule is Cc1nccn1CC(=O)NC[C@@H]1OCCN(C)[C@H]1c1cncn1C. The summed E-state index contributed by atoms with van der Waals surface area (Å²) in [6, 6.07) is 0.0709. The van der Waals surface area contributed by atoms with Crippen LogP contribution in [0.4, 0.5) is 0 Å². The van der Waals surface area contributed by atoms with Gasteiger partial charge in [-0.1, -0.05) is 0 Å². The minimum atomic E-state index is -0.105. The molecular formula is C16H24N6O2. The molecule has 2 atom stereocenters. The molecule has 1 N–H and O–H groups in total. The maximum absolute atomic E-state index is 12.2. The van der Waals surface area contributed by atoms with Crippen LogP contribution in [0.5, 0.6) is 0 Å². The monoisotopic (exact) mass is 332 g/mol. The van der Waals surface area contributed by atoms with Crippen LogP contribution in [0.2, 0.25) is 0 Å². The van der Waals surface area contributed by atoms with Crippen LogP contribution in [0.25, 0.3) is 0 Å².